The first-order valence-corrected chi connectivity index (χ1v) is 7.34. The van der Waals surface area contributed by atoms with Gasteiger partial charge in [-0.1, -0.05) is 32.4 Å². The highest BCUT2D eigenvalue weighted by atomic mass is 16.2. The van der Waals surface area contributed by atoms with E-state index in [-0.39, 0.29) is 6.04 Å². The van der Waals surface area contributed by atoms with Crippen LogP contribution in [0, 0.1) is 5.92 Å². The van der Waals surface area contributed by atoms with Crippen LogP contribution in [0.1, 0.15) is 52.1 Å². The van der Waals surface area contributed by atoms with Crippen LogP contribution in [0.2, 0.25) is 0 Å². The molecule has 0 saturated heterocycles. The summed E-state index contributed by atoms with van der Waals surface area (Å²) >= 11 is 0. The summed E-state index contributed by atoms with van der Waals surface area (Å²) in [4.78, 5) is 10.8. The fourth-order valence-corrected chi connectivity index (χ4v) is 2.36. The Morgan fingerprint density at radius 2 is 1.80 bits per heavy atom. The van der Waals surface area contributed by atoms with Crippen molar-refractivity contribution < 1.29 is 4.79 Å². The molecule has 1 rings (SSSR count). The molecule has 4 heteroatoms. The van der Waals surface area contributed by atoms with Crippen molar-refractivity contribution >= 4 is 11.7 Å². The monoisotopic (exact) mass is 277 g/mol. The lowest BCUT2D eigenvalue weighted by molar-refractivity contribution is 0.259. The molecular formula is C16H27N3O. The normalized spacial score (nSPS) is 15.4. The Labute approximate surface area is 122 Å². The summed E-state index contributed by atoms with van der Waals surface area (Å²) in [5.74, 6) is 0.742. The third-order valence-electron chi connectivity index (χ3n) is 3.67. The van der Waals surface area contributed by atoms with Crippen LogP contribution in [0.5, 0.6) is 0 Å². The molecule has 0 aromatic heterocycles. The molecule has 4 N–H and O–H groups in total. The fourth-order valence-electron chi connectivity index (χ4n) is 2.36. The molecule has 3 atom stereocenters. The number of hydrogen-bond acceptors (Lipinski definition) is 2. The molecule has 0 saturated carbocycles. The molecule has 0 fully saturated rings. The van der Waals surface area contributed by atoms with E-state index in [1.165, 1.54) is 18.4 Å². The minimum atomic E-state index is -0.536. The third kappa shape index (κ3) is 5.61. The lowest BCUT2D eigenvalue weighted by Crippen LogP contribution is -2.30. The zero-order valence-electron chi connectivity index (χ0n) is 12.9. The summed E-state index contributed by atoms with van der Waals surface area (Å²) in [6, 6.07) is 8.01. The number of rotatable bonds is 7. The molecule has 0 aliphatic rings. The van der Waals surface area contributed by atoms with Gasteiger partial charge in [-0.3, -0.25) is 0 Å². The molecular weight excluding hydrogens is 250 g/mol. The predicted molar refractivity (Wildman–Crippen MR) is 84.7 cm³/mol. The molecule has 0 radical (unpaired) electrons. The maximum absolute atomic E-state index is 10.8. The largest absolute Gasteiger partial charge is 0.351 e. The van der Waals surface area contributed by atoms with Gasteiger partial charge in [0.05, 0.1) is 0 Å². The number of primary amides is 1. The molecule has 4 nitrogen and oxygen atoms in total. The van der Waals surface area contributed by atoms with E-state index in [0.29, 0.717) is 6.04 Å². The molecule has 1 aromatic carbocycles. The molecule has 112 valence electrons. The Morgan fingerprint density at radius 3 is 2.30 bits per heavy atom. The molecule has 0 bridgehead atoms. The SMILES string of the molecule is CCC(C)CC(C)NC(C)c1ccc(NC(N)=O)cc1. The Bertz CT molecular complexity index is 416. The van der Waals surface area contributed by atoms with E-state index < -0.39 is 6.03 Å². The van der Waals surface area contributed by atoms with E-state index in [0.717, 1.165) is 11.6 Å². The van der Waals surface area contributed by atoms with E-state index in [1.54, 1.807) is 0 Å². The molecule has 2 amide bonds. The molecule has 0 aliphatic carbocycles. The first kappa shape index (κ1) is 16.5. The van der Waals surface area contributed by atoms with Gasteiger partial charge in [0, 0.05) is 17.8 Å². The lowest BCUT2D eigenvalue weighted by atomic mass is 9.99. The van der Waals surface area contributed by atoms with Gasteiger partial charge < -0.3 is 16.4 Å². The van der Waals surface area contributed by atoms with Gasteiger partial charge in [-0.2, -0.15) is 0 Å². The van der Waals surface area contributed by atoms with Crippen LogP contribution in [0.3, 0.4) is 0 Å². The van der Waals surface area contributed by atoms with Gasteiger partial charge in [0.2, 0.25) is 0 Å². The maximum Gasteiger partial charge on any atom is 0.316 e. The van der Waals surface area contributed by atoms with Crippen LogP contribution in [0.15, 0.2) is 24.3 Å². The predicted octanol–water partition coefficient (Wildman–Crippen LogP) is 3.65. The molecule has 0 heterocycles. The average molecular weight is 277 g/mol. The van der Waals surface area contributed by atoms with Crippen molar-refractivity contribution in [3.63, 3.8) is 0 Å². The summed E-state index contributed by atoms with van der Waals surface area (Å²) < 4.78 is 0. The quantitative estimate of drug-likeness (QED) is 0.712. The van der Waals surface area contributed by atoms with E-state index in [1.807, 2.05) is 24.3 Å². The second-order valence-electron chi connectivity index (χ2n) is 5.65. The molecule has 0 aliphatic heterocycles. The van der Waals surface area contributed by atoms with Crippen LogP contribution in [-0.4, -0.2) is 12.1 Å². The average Bonchev–Trinajstić information content (AvgIpc) is 2.38. The highest BCUT2D eigenvalue weighted by Crippen LogP contribution is 2.18. The van der Waals surface area contributed by atoms with Gasteiger partial charge in [-0.25, -0.2) is 4.79 Å². The van der Waals surface area contributed by atoms with Crippen molar-refractivity contribution in [2.75, 3.05) is 5.32 Å². The number of carbonyl (C=O) groups is 1. The van der Waals surface area contributed by atoms with E-state index in [4.69, 9.17) is 5.73 Å². The Morgan fingerprint density at radius 1 is 1.20 bits per heavy atom. The summed E-state index contributed by atoms with van der Waals surface area (Å²) in [6.45, 7) is 8.90. The number of nitrogens with one attached hydrogen (secondary N) is 2. The Balaban J connectivity index is 2.54. The van der Waals surface area contributed by atoms with Gasteiger partial charge >= 0.3 is 6.03 Å². The minimum absolute atomic E-state index is 0.289. The minimum Gasteiger partial charge on any atom is -0.351 e. The summed E-state index contributed by atoms with van der Waals surface area (Å²) in [7, 11) is 0. The van der Waals surface area contributed by atoms with Gasteiger partial charge in [0.25, 0.3) is 0 Å². The second kappa shape index (κ2) is 7.90. The Hall–Kier alpha value is -1.55. The summed E-state index contributed by atoms with van der Waals surface area (Å²) in [5.41, 5.74) is 7.01. The fraction of sp³-hybridized carbons (Fsp3) is 0.562. The highest BCUT2D eigenvalue weighted by Gasteiger charge is 2.11. The molecule has 3 unspecified atom stereocenters. The van der Waals surface area contributed by atoms with E-state index >= 15 is 0 Å². The van der Waals surface area contributed by atoms with Gasteiger partial charge in [-0.05, 0) is 43.9 Å². The van der Waals surface area contributed by atoms with Gasteiger partial charge in [0.1, 0.15) is 0 Å². The topological polar surface area (TPSA) is 67.2 Å². The van der Waals surface area contributed by atoms with Crippen molar-refractivity contribution in [2.45, 2.75) is 52.6 Å². The number of urea groups is 1. The van der Waals surface area contributed by atoms with Crippen LogP contribution in [0.25, 0.3) is 0 Å². The Kier molecular flexibility index (Phi) is 6.52. The van der Waals surface area contributed by atoms with Crippen molar-refractivity contribution in [2.24, 2.45) is 11.7 Å². The number of nitrogens with two attached hydrogens (primary N) is 1. The van der Waals surface area contributed by atoms with Crippen LogP contribution in [0.4, 0.5) is 10.5 Å². The number of anilines is 1. The standard InChI is InChI=1S/C16H27N3O/c1-5-11(2)10-12(3)18-13(4)14-6-8-15(9-7-14)19-16(17)20/h6-9,11-13,18H,5,10H2,1-4H3,(H3,17,19,20). The number of amides is 2. The van der Waals surface area contributed by atoms with Crippen molar-refractivity contribution in [3.8, 4) is 0 Å². The maximum atomic E-state index is 10.8. The van der Waals surface area contributed by atoms with E-state index in [9.17, 15) is 4.79 Å². The molecule has 20 heavy (non-hydrogen) atoms. The first-order chi connectivity index (χ1) is 9.42. The first-order valence-electron chi connectivity index (χ1n) is 7.34. The van der Waals surface area contributed by atoms with Crippen LogP contribution < -0.4 is 16.4 Å². The van der Waals surface area contributed by atoms with Crippen molar-refractivity contribution in [1.29, 1.82) is 0 Å². The van der Waals surface area contributed by atoms with Crippen LogP contribution in [-0.2, 0) is 0 Å². The molecule has 1 aromatic rings. The summed E-state index contributed by atoms with van der Waals surface area (Å²) in [6.07, 6.45) is 2.40. The molecule has 0 spiro atoms. The highest BCUT2D eigenvalue weighted by molar-refractivity contribution is 5.87. The second-order valence-corrected chi connectivity index (χ2v) is 5.65. The zero-order valence-corrected chi connectivity index (χ0v) is 12.9. The lowest BCUT2D eigenvalue weighted by Gasteiger charge is -2.22. The summed E-state index contributed by atoms with van der Waals surface area (Å²) in [5, 5.41) is 6.17. The zero-order chi connectivity index (χ0) is 15.1. The number of benzene rings is 1. The van der Waals surface area contributed by atoms with Crippen LogP contribution >= 0.6 is 0 Å². The third-order valence-corrected chi connectivity index (χ3v) is 3.67. The van der Waals surface area contributed by atoms with Crippen molar-refractivity contribution in [1.82, 2.24) is 5.32 Å². The van der Waals surface area contributed by atoms with Crippen molar-refractivity contribution in [3.05, 3.63) is 29.8 Å². The number of hydrogen-bond donors (Lipinski definition) is 3. The van der Waals surface area contributed by atoms with Gasteiger partial charge in [0.15, 0.2) is 0 Å². The smallest absolute Gasteiger partial charge is 0.316 e. The van der Waals surface area contributed by atoms with Gasteiger partial charge in [-0.15, -0.1) is 0 Å². The van der Waals surface area contributed by atoms with E-state index in [2.05, 4.69) is 38.3 Å². The number of carbonyl (C=O) groups excluding carboxylic acids is 1.